The van der Waals surface area contributed by atoms with Crippen molar-refractivity contribution in [1.82, 2.24) is 5.43 Å². The van der Waals surface area contributed by atoms with Gasteiger partial charge in [0.1, 0.15) is 0 Å². The molecular weight excluding hydrogens is 345 g/mol. The Kier molecular flexibility index (Phi) is 5.68. The lowest BCUT2D eigenvalue weighted by Crippen LogP contribution is -2.49. The topological polar surface area (TPSA) is 38.0 Å². The first kappa shape index (κ1) is 16.8. The summed E-state index contributed by atoms with van der Waals surface area (Å²) in [6.45, 7) is 0. The number of hydrogen-bond acceptors (Lipinski definition) is 2. The SMILES string of the molecule is NNC(Cc1ccccc1Br)C1CCCCC1C(F)(F)F. The molecule has 1 aromatic rings. The molecule has 1 aromatic carbocycles. The van der Waals surface area contributed by atoms with Crippen LogP contribution in [-0.2, 0) is 6.42 Å². The van der Waals surface area contributed by atoms with Crippen LogP contribution >= 0.6 is 15.9 Å². The number of alkyl halides is 3. The molecule has 1 saturated carbocycles. The highest BCUT2D eigenvalue weighted by Crippen LogP contribution is 2.43. The van der Waals surface area contributed by atoms with Crippen molar-refractivity contribution >= 4 is 15.9 Å². The summed E-state index contributed by atoms with van der Waals surface area (Å²) in [6, 6.07) is 7.22. The van der Waals surface area contributed by atoms with E-state index in [9.17, 15) is 13.2 Å². The quantitative estimate of drug-likeness (QED) is 0.620. The second-order valence-corrected chi connectivity index (χ2v) is 6.52. The minimum absolute atomic E-state index is 0.211. The van der Waals surface area contributed by atoms with Gasteiger partial charge in [-0.15, -0.1) is 0 Å². The van der Waals surface area contributed by atoms with E-state index in [1.165, 1.54) is 0 Å². The van der Waals surface area contributed by atoms with Gasteiger partial charge >= 0.3 is 6.18 Å². The van der Waals surface area contributed by atoms with Crippen molar-refractivity contribution in [3.63, 3.8) is 0 Å². The van der Waals surface area contributed by atoms with Crippen molar-refractivity contribution in [2.24, 2.45) is 17.7 Å². The average Bonchev–Trinajstić information content (AvgIpc) is 2.45. The molecule has 21 heavy (non-hydrogen) atoms. The summed E-state index contributed by atoms with van der Waals surface area (Å²) in [5.74, 6) is 3.86. The van der Waals surface area contributed by atoms with Gasteiger partial charge in [-0.1, -0.05) is 47.0 Å². The van der Waals surface area contributed by atoms with E-state index in [4.69, 9.17) is 5.84 Å². The molecule has 2 rings (SSSR count). The third kappa shape index (κ3) is 4.20. The zero-order chi connectivity index (χ0) is 15.5. The molecule has 0 aromatic heterocycles. The Labute approximate surface area is 131 Å². The monoisotopic (exact) mass is 364 g/mol. The smallest absolute Gasteiger partial charge is 0.271 e. The fraction of sp³-hybridized carbons (Fsp3) is 0.600. The highest BCUT2D eigenvalue weighted by molar-refractivity contribution is 9.10. The zero-order valence-corrected chi connectivity index (χ0v) is 13.3. The van der Waals surface area contributed by atoms with Crippen LogP contribution in [0.15, 0.2) is 28.7 Å². The van der Waals surface area contributed by atoms with Gasteiger partial charge in [-0.25, -0.2) is 0 Å². The van der Waals surface area contributed by atoms with Crippen LogP contribution in [0.1, 0.15) is 31.2 Å². The van der Waals surface area contributed by atoms with Gasteiger partial charge in [0, 0.05) is 10.5 Å². The molecule has 1 aliphatic carbocycles. The van der Waals surface area contributed by atoms with E-state index in [2.05, 4.69) is 21.4 Å². The van der Waals surface area contributed by atoms with Gasteiger partial charge in [0.05, 0.1) is 5.92 Å². The Balaban J connectivity index is 2.17. The molecule has 0 bridgehead atoms. The number of nitrogens with two attached hydrogens (primary N) is 1. The Morgan fingerprint density at radius 2 is 1.90 bits per heavy atom. The average molecular weight is 365 g/mol. The summed E-state index contributed by atoms with van der Waals surface area (Å²) in [7, 11) is 0. The first-order chi connectivity index (χ1) is 9.93. The fourth-order valence-corrected chi connectivity index (χ4v) is 3.73. The molecule has 1 aliphatic rings. The van der Waals surface area contributed by atoms with Crippen LogP contribution in [-0.4, -0.2) is 12.2 Å². The predicted molar refractivity (Wildman–Crippen MR) is 80.5 cm³/mol. The molecule has 0 heterocycles. The third-order valence-electron chi connectivity index (χ3n) is 4.37. The molecular formula is C15H20BrF3N2. The van der Waals surface area contributed by atoms with Crippen molar-refractivity contribution in [2.45, 2.75) is 44.3 Å². The molecule has 0 saturated heterocycles. The number of nitrogens with one attached hydrogen (secondary N) is 1. The van der Waals surface area contributed by atoms with E-state index in [0.717, 1.165) is 16.5 Å². The molecule has 3 N–H and O–H groups in total. The molecule has 3 unspecified atom stereocenters. The molecule has 3 atom stereocenters. The van der Waals surface area contributed by atoms with Crippen molar-refractivity contribution in [2.75, 3.05) is 0 Å². The van der Waals surface area contributed by atoms with E-state index < -0.39 is 18.0 Å². The maximum absolute atomic E-state index is 13.2. The summed E-state index contributed by atoms with van der Waals surface area (Å²) in [4.78, 5) is 0. The van der Waals surface area contributed by atoms with E-state index in [-0.39, 0.29) is 12.5 Å². The molecule has 0 radical (unpaired) electrons. The first-order valence-electron chi connectivity index (χ1n) is 7.19. The maximum Gasteiger partial charge on any atom is 0.392 e. The normalized spacial score (nSPS) is 24.8. The zero-order valence-electron chi connectivity index (χ0n) is 11.7. The van der Waals surface area contributed by atoms with E-state index >= 15 is 0 Å². The van der Waals surface area contributed by atoms with Crippen LogP contribution in [0.3, 0.4) is 0 Å². The molecule has 0 aliphatic heterocycles. The second kappa shape index (κ2) is 7.11. The Morgan fingerprint density at radius 1 is 1.24 bits per heavy atom. The second-order valence-electron chi connectivity index (χ2n) is 5.67. The number of benzene rings is 1. The molecule has 1 fully saturated rings. The number of hydrazine groups is 1. The molecule has 0 amide bonds. The van der Waals surface area contributed by atoms with Crippen LogP contribution in [0.4, 0.5) is 13.2 Å². The largest absolute Gasteiger partial charge is 0.392 e. The van der Waals surface area contributed by atoms with Gasteiger partial charge in [-0.3, -0.25) is 11.3 Å². The molecule has 2 nitrogen and oxygen atoms in total. The van der Waals surface area contributed by atoms with E-state index in [0.29, 0.717) is 19.3 Å². The predicted octanol–water partition coefficient (Wildman–Crippen LogP) is 4.19. The van der Waals surface area contributed by atoms with Gasteiger partial charge in [-0.05, 0) is 36.8 Å². The van der Waals surface area contributed by atoms with Gasteiger partial charge < -0.3 is 0 Å². The fourth-order valence-electron chi connectivity index (χ4n) is 3.28. The van der Waals surface area contributed by atoms with Crippen LogP contribution in [0.5, 0.6) is 0 Å². The van der Waals surface area contributed by atoms with Gasteiger partial charge in [0.25, 0.3) is 0 Å². The van der Waals surface area contributed by atoms with Crippen molar-refractivity contribution in [3.05, 3.63) is 34.3 Å². The van der Waals surface area contributed by atoms with E-state index in [1.807, 2.05) is 24.3 Å². The Bertz CT molecular complexity index is 464. The number of hydrogen-bond donors (Lipinski definition) is 2. The lowest BCUT2D eigenvalue weighted by Gasteiger charge is -2.38. The minimum atomic E-state index is -4.14. The number of halogens is 4. The Hall–Kier alpha value is -0.590. The number of rotatable bonds is 4. The maximum atomic E-state index is 13.2. The summed E-state index contributed by atoms with van der Waals surface area (Å²) in [6.07, 6.45) is -1.38. The lowest BCUT2D eigenvalue weighted by atomic mass is 9.73. The molecule has 6 heteroatoms. The van der Waals surface area contributed by atoms with Gasteiger partial charge in [0.2, 0.25) is 0 Å². The van der Waals surface area contributed by atoms with Crippen molar-refractivity contribution < 1.29 is 13.2 Å². The standard InChI is InChI=1S/C15H20BrF3N2/c16-13-8-4-1-5-10(13)9-14(21-20)11-6-2-3-7-12(11)15(17,18)19/h1,4-5,8,11-12,14,21H,2-3,6-7,9,20H2. The third-order valence-corrected chi connectivity index (χ3v) is 5.14. The highest BCUT2D eigenvalue weighted by atomic mass is 79.9. The van der Waals surface area contributed by atoms with Crippen LogP contribution in [0.2, 0.25) is 0 Å². The van der Waals surface area contributed by atoms with Crippen LogP contribution in [0, 0.1) is 11.8 Å². The summed E-state index contributed by atoms with van der Waals surface area (Å²) >= 11 is 3.44. The van der Waals surface area contributed by atoms with Crippen molar-refractivity contribution in [1.29, 1.82) is 0 Å². The summed E-state index contributed by atoms with van der Waals surface area (Å²) < 4.78 is 40.6. The lowest BCUT2D eigenvalue weighted by molar-refractivity contribution is -0.199. The Morgan fingerprint density at radius 3 is 2.52 bits per heavy atom. The van der Waals surface area contributed by atoms with Crippen LogP contribution in [0.25, 0.3) is 0 Å². The van der Waals surface area contributed by atoms with Crippen LogP contribution < -0.4 is 11.3 Å². The first-order valence-corrected chi connectivity index (χ1v) is 7.99. The summed E-state index contributed by atoms with van der Waals surface area (Å²) in [5, 5.41) is 0. The minimum Gasteiger partial charge on any atom is -0.271 e. The van der Waals surface area contributed by atoms with Crippen molar-refractivity contribution in [3.8, 4) is 0 Å². The molecule has 0 spiro atoms. The highest BCUT2D eigenvalue weighted by Gasteiger charge is 2.47. The van der Waals surface area contributed by atoms with Gasteiger partial charge in [-0.2, -0.15) is 13.2 Å². The van der Waals surface area contributed by atoms with Gasteiger partial charge in [0.15, 0.2) is 0 Å². The summed E-state index contributed by atoms with van der Waals surface area (Å²) in [5.41, 5.74) is 3.61. The van der Waals surface area contributed by atoms with E-state index in [1.54, 1.807) is 0 Å². The molecule has 118 valence electrons.